The lowest BCUT2D eigenvalue weighted by Crippen LogP contribution is -2.35. The van der Waals surface area contributed by atoms with Crippen LogP contribution in [0.1, 0.15) is 54.4 Å². The van der Waals surface area contributed by atoms with Crippen LogP contribution in [0, 0.1) is 10.1 Å². The van der Waals surface area contributed by atoms with E-state index in [0.29, 0.717) is 37.4 Å². The van der Waals surface area contributed by atoms with Gasteiger partial charge in [-0.2, -0.15) is 4.31 Å². The highest BCUT2D eigenvalue weighted by Crippen LogP contribution is 2.35. The molecule has 3 aliphatic heterocycles. The SMILES string of the molecule is O=C(c1ccc(N2CCCCC2)c([N+](=O)[O-])c1)N1CCc2cc(S(=O)(=O)N3CCCCC3)ccc21. The van der Waals surface area contributed by atoms with Crippen molar-refractivity contribution in [2.75, 3.05) is 42.5 Å². The molecule has 35 heavy (non-hydrogen) atoms. The number of rotatable bonds is 5. The van der Waals surface area contributed by atoms with E-state index in [1.54, 1.807) is 39.5 Å². The van der Waals surface area contributed by atoms with E-state index in [0.717, 1.165) is 57.2 Å². The Morgan fingerprint density at radius 1 is 0.829 bits per heavy atom. The molecule has 5 rings (SSSR count). The first-order valence-corrected chi connectivity index (χ1v) is 13.8. The number of carbonyl (C=O) groups excluding carboxylic acids is 1. The molecule has 0 aliphatic carbocycles. The molecule has 0 radical (unpaired) electrons. The fraction of sp³-hybridized carbons (Fsp3) is 0.480. The Morgan fingerprint density at radius 2 is 1.49 bits per heavy atom. The molecular formula is C25H30N4O5S. The lowest BCUT2D eigenvalue weighted by atomic mass is 10.1. The Kier molecular flexibility index (Phi) is 6.50. The van der Waals surface area contributed by atoms with Crippen LogP contribution in [-0.4, -0.2) is 56.3 Å². The topological polar surface area (TPSA) is 104 Å². The molecule has 2 fully saturated rings. The summed E-state index contributed by atoms with van der Waals surface area (Å²) in [5.41, 5.74) is 2.22. The number of nitrogens with zero attached hydrogens (tertiary/aromatic N) is 4. The van der Waals surface area contributed by atoms with E-state index in [-0.39, 0.29) is 22.1 Å². The summed E-state index contributed by atoms with van der Waals surface area (Å²) in [6.07, 6.45) is 6.44. The van der Waals surface area contributed by atoms with Gasteiger partial charge in [-0.3, -0.25) is 14.9 Å². The van der Waals surface area contributed by atoms with Crippen LogP contribution in [0.25, 0.3) is 0 Å². The standard InChI is InChI=1S/C25H30N4O5S/c30-25(20-7-9-23(24(18-20)29(31)32)26-12-3-1-4-13-26)28-16-11-19-17-21(8-10-22(19)28)35(33,34)27-14-5-2-6-15-27/h7-10,17-18H,1-6,11-16H2. The number of sulfonamides is 1. The van der Waals surface area contributed by atoms with Crippen molar-refractivity contribution in [2.45, 2.75) is 49.8 Å². The van der Waals surface area contributed by atoms with Crippen molar-refractivity contribution in [2.24, 2.45) is 0 Å². The molecule has 186 valence electrons. The molecule has 2 saturated heterocycles. The monoisotopic (exact) mass is 498 g/mol. The molecule has 3 aliphatic rings. The minimum Gasteiger partial charge on any atom is -0.366 e. The van der Waals surface area contributed by atoms with Crippen LogP contribution < -0.4 is 9.80 Å². The molecule has 0 atom stereocenters. The predicted molar refractivity (Wildman–Crippen MR) is 134 cm³/mol. The van der Waals surface area contributed by atoms with Gasteiger partial charge in [0.05, 0.1) is 9.82 Å². The van der Waals surface area contributed by atoms with E-state index in [4.69, 9.17) is 0 Å². The summed E-state index contributed by atoms with van der Waals surface area (Å²) in [6.45, 7) is 3.03. The number of benzene rings is 2. The first-order chi connectivity index (χ1) is 16.9. The summed E-state index contributed by atoms with van der Waals surface area (Å²) in [6, 6.07) is 9.65. The molecule has 0 unspecified atom stereocenters. The Morgan fingerprint density at radius 3 is 2.17 bits per heavy atom. The van der Waals surface area contributed by atoms with E-state index < -0.39 is 14.9 Å². The number of anilines is 2. The first-order valence-electron chi connectivity index (χ1n) is 12.3. The lowest BCUT2D eigenvalue weighted by Gasteiger charge is -2.28. The lowest BCUT2D eigenvalue weighted by molar-refractivity contribution is -0.384. The van der Waals surface area contributed by atoms with Gasteiger partial charge in [-0.1, -0.05) is 6.42 Å². The van der Waals surface area contributed by atoms with Crippen molar-refractivity contribution >= 4 is 33.0 Å². The third kappa shape index (κ3) is 4.52. The van der Waals surface area contributed by atoms with Gasteiger partial charge in [-0.25, -0.2) is 8.42 Å². The number of hydrogen-bond donors (Lipinski definition) is 0. The summed E-state index contributed by atoms with van der Waals surface area (Å²) >= 11 is 0. The Hall–Kier alpha value is -2.98. The molecule has 2 aromatic carbocycles. The summed E-state index contributed by atoms with van der Waals surface area (Å²) in [5.74, 6) is -0.316. The zero-order chi connectivity index (χ0) is 24.6. The van der Waals surface area contributed by atoms with Gasteiger partial charge >= 0.3 is 0 Å². The van der Waals surface area contributed by atoms with Gasteiger partial charge in [-0.15, -0.1) is 0 Å². The van der Waals surface area contributed by atoms with Crippen molar-refractivity contribution in [3.63, 3.8) is 0 Å². The molecule has 10 heteroatoms. The number of hydrogen-bond acceptors (Lipinski definition) is 6. The smallest absolute Gasteiger partial charge is 0.293 e. The maximum Gasteiger partial charge on any atom is 0.293 e. The first kappa shape index (κ1) is 23.7. The fourth-order valence-electron chi connectivity index (χ4n) is 5.36. The minimum absolute atomic E-state index is 0.0554. The van der Waals surface area contributed by atoms with Gasteiger partial charge in [0.15, 0.2) is 0 Å². The van der Waals surface area contributed by atoms with Crippen LogP contribution in [0.15, 0.2) is 41.3 Å². The van der Waals surface area contributed by atoms with Crippen LogP contribution in [0.4, 0.5) is 17.1 Å². The van der Waals surface area contributed by atoms with Crippen LogP contribution >= 0.6 is 0 Å². The molecule has 0 aromatic heterocycles. The second kappa shape index (κ2) is 9.58. The van der Waals surface area contributed by atoms with Crippen LogP contribution in [0.3, 0.4) is 0 Å². The molecule has 0 N–H and O–H groups in total. The minimum atomic E-state index is -3.55. The number of nitro groups is 1. The van der Waals surface area contributed by atoms with Crippen LogP contribution in [0.2, 0.25) is 0 Å². The number of amides is 1. The summed E-state index contributed by atoms with van der Waals surface area (Å²) < 4.78 is 27.7. The highest BCUT2D eigenvalue weighted by Gasteiger charge is 2.31. The van der Waals surface area contributed by atoms with Crippen molar-refractivity contribution < 1.29 is 18.1 Å². The average Bonchev–Trinajstić information content (AvgIpc) is 3.32. The van der Waals surface area contributed by atoms with Crippen molar-refractivity contribution in [3.8, 4) is 0 Å². The Bertz CT molecular complexity index is 1250. The van der Waals surface area contributed by atoms with E-state index >= 15 is 0 Å². The quantitative estimate of drug-likeness (QED) is 0.457. The van der Waals surface area contributed by atoms with Gasteiger partial charge < -0.3 is 9.80 Å². The zero-order valence-corrected chi connectivity index (χ0v) is 20.5. The Balaban J connectivity index is 1.40. The second-order valence-electron chi connectivity index (χ2n) is 9.47. The molecular weight excluding hydrogens is 468 g/mol. The third-order valence-electron chi connectivity index (χ3n) is 7.26. The van der Waals surface area contributed by atoms with Crippen LogP contribution in [-0.2, 0) is 16.4 Å². The van der Waals surface area contributed by atoms with E-state index in [2.05, 4.69) is 0 Å². The van der Waals surface area contributed by atoms with E-state index in [9.17, 15) is 23.3 Å². The molecule has 2 aromatic rings. The fourth-order valence-corrected chi connectivity index (χ4v) is 6.93. The molecule has 1 amide bonds. The van der Waals surface area contributed by atoms with Gasteiger partial charge in [-0.05, 0) is 74.4 Å². The maximum atomic E-state index is 13.4. The molecule has 3 heterocycles. The molecule has 9 nitrogen and oxygen atoms in total. The molecule has 0 saturated carbocycles. The number of piperidine rings is 2. The number of fused-ring (bicyclic) bond motifs is 1. The summed E-state index contributed by atoms with van der Waals surface area (Å²) in [4.78, 5) is 28.6. The van der Waals surface area contributed by atoms with Gasteiger partial charge in [0.2, 0.25) is 10.0 Å². The zero-order valence-electron chi connectivity index (χ0n) is 19.7. The van der Waals surface area contributed by atoms with Gasteiger partial charge in [0.25, 0.3) is 11.6 Å². The number of carbonyl (C=O) groups is 1. The average molecular weight is 499 g/mol. The second-order valence-corrected chi connectivity index (χ2v) is 11.4. The predicted octanol–water partition coefficient (Wildman–Crippen LogP) is 3.96. The van der Waals surface area contributed by atoms with Gasteiger partial charge in [0, 0.05) is 50.0 Å². The van der Waals surface area contributed by atoms with E-state index in [1.165, 1.54) is 6.07 Å². The summed E-state index contributed by atoms with van der Waals surface area (Å²) in [7, 11) is -3.55. The van der Waals surface area contributed by atoms with Crippen molar-refractivity contribution in [3.05, 3.63) is 57.6 Å². The maximum absolute atomic E-state index is 13.4. The number of nitro benzene ring substituents is 1. The molecule has 0 spiro atoms. The van der Waals surface area contributed by atoms with E-state index in [1.807, 2.05) is 4.90 Å². The van der Waals surface area contributed by atoms with Crippen molar-refractivity contribution in [1.82, 2.24) is 4.31 Å². The Labute approximate surface area is 205 Å². The highest BCUT2D eigenvalue weighted by molar-refractivity contribution is 7.89. The van der Waals surface area contributed by atoms with Crippen molar-refractivity contribution in [1.29, 1.82) is 0 Å². The molecule has 0 bridgehead atoms. The largest absolute Gasteiger partial charge is 0.366 e. The van der Waals surface area contributed by atoms with Crippen LogP contribution in [0.5, 0.6) is 0 Å². The third-order valence-corrected chi connectivity index (χ3v) is 9.15. The summed E-state index contributed by atoms with van der Waals surface area (Å²) in [5, 5.41) is 11.8. The normalized spacial score (nSPS) is 19.0. The highest BCUT2D eigenvalue weighted by atomic mass is 32.2. The van der Waals surface area contributed by atoms with Gasteiger partial charge in [0.1, 0.15) is 5.69 Å².